The molecule has 1 aromatic carbocycles. The summed E-state index contributed by atoms with van der Waals surface area (Å²) in [5.74, 6) is 0.434. The first kappa shape index (κ1) is 20.0. The minimum atomic E-state index is -0.233. The normalized spacial score (nSPS) is 18.8. The first-order valence-corrected chi connectivity index (χ1v) is 10.5. The number of carbonyl (C=O) groups excluding carboxylic acids is 1. The van der Waals surface area contributed by atoms with Crippen molar-refractivity contribution >= 4 is 11.6 Å². The van der Waals surface area contributed by atoms with Gasteiger partial charge < -0.3 is 9.64 Å². The lowest BCUT2D eigenvalue weighted by molar-refractivity contribution is 0.0386. The van der Waals surface area contributed by atoms with Crippen molar-refractivity contribution in [2.24, 2.45) is 7.05 Å². The summed E-state index contributed by atoms with van der Waals surface area (Å²) < 4.78 is 8.98. The number of likely N-dealkylation sites (tertiary alicyclic amines) is 1. The molecule has 164 valence electrons. The third kappa shape index (κ3) is 3.43. The second-order valence-corrected chi connectivity index (χ2v) is 7.93. The van der Waals surface area contributed by atoms with Crippen molar-refractivity contribution in [3.63, 3.8) is 0 Å². The van der Waals surface area contributed by atoms with Crippen LogP contribution in [-0.2, 0) is 7.05 Å². The van der Waals surface area contributed by atoms with Crippen LogP contribution in [-0.4, -0.2) is 58.7 Å². The maximum Gasteiger partial charge on any atom is 0.350 e. The van der Waals surface area contributed by atoms with Gasteiger partial charge in [0.1, 0.15) is 6.10 Å². The van der Waals surface area contributed by atoms with E-state index in [0.29, 0.717) is 29.2 Å². The van der Waals surface area contributed by atoms with Crippen molar-refractivity contribution < 1.29 is 9.53 Å². The van der Waals surface area contributed by atoms with E-state index in [9.17, 15) is 9.59 Å². The Bertz CT molecular complexity index is 1330. The molecule has 4 aromatic rings. The van der Waals surface area contributed by atoms with E-state index < -0.39 is 0 Å². The number of aryl methyl sites for hydroxylation is 1. The molecule has 1 saturated heterocycles. The summed E-state index contributed by atoms with van der Waals surface area (Å²) in [6, 6.07) is 10.9. The number of hydrogen-bond acceptors (Lipinski definition) is 6. The molecule has 32 heavy (non-hydrogen) atoms. The van der Waals surface area contributed by atoms with Crippen LogP contribution in [0.4, 0.5) is 0 Å². The number of ether oxygens (including phenoxy) is 1. The van der Waals surface area contributed by atoms with Gasteiger partial charge in [-0.05, 0) is 44.0 Å². The van der Waals surface area contributed by atoms with Gasteiger partial charge in [0.15, 0.2) is 5.75 Å². The van der Waals surface area contributed by atoms with Crippen LogP contribution in [0, 0.1) is 0 Å². The number of rotatable bonds is 4. The zero-order chi connectivity index (χ0) is 22.2. The monoisotopic (exact) mass is 433 g/mol. The average molecular weight is 433 g/mol. The largest absolute Gasteiger partial charge is 0.485 e. The summed E-state index contributed by atoms with van der Waals surface area (Å²) in [6.45, 7) is 2.47. The lowest BCUT2D eigenvalue weighted by atomic mass is 9.99. The average Bonchev–Trinajstić information content (AvgIpc) is 3.44. The summed E-state index contributed by atoms with van der Waals surface area (Å²) >= 11 is 0. The van der Waals surface area contributed by atoms with Crippen LogP contribution >= 0.6 is 0 Å². The second kappa shape index (κ2) is 7.95. The summed E-state index contributed by atoms with van der Waals surface area (Å²) in [5, 5.41) is 12.6. The van der Waals surface area contributed by atoms with E-state index in [0.717, 1.165) is 12.8 Å². The predicted molar refractivity (Wildman–Crippen MR) is 116 cm³/mol. The Kier molecular flexibility index (Phi) is 4.96. The Morgan fingerprint density at radius 2 is 1.88 bits per heavy atom. The molecular formula is C22H23N7O3. The lowest BCUT2D eigenvalue weighted by Crippen LogP contribution is -2.49. The Hall–Kier alpha value is -3.95. The first-order chi connectivity index (χ1) is 15.5. The van der Waals surface area contributed by atoms with Gasteiger partial charge in [0.2, 0.25) is 5.65 Å². The Labute approximate surface area is 183 Å². The number of carbonyl (C=O) groups is 1. The number of benzene rings is 1. The van der Waals surface area contributed by atoms with Crippen LogP contribution in [0.1, 0.15) is 30.1 Å². The van der Waals surface area contributed by atoms with Crippen LogP contribution in [0.5, 0.6) is 5.75 Å². The van der Waals surface area contributed by atoms with Crippen LogP contribution in [0.25, 0.3) is 11.3 Å². The van der Waals surface area contributed by atoms with E-state index in [2.05, 4.69) is 15.3 Å². The third-order valence-electron chi connectivity index (χ3n) is 5.82. The maximum absolute atomic E-state index is 13.5. The fourth-order valence-electron chi connectivity index (χ4n) is 4.12. The summed E-state index contributed by atoms with van der Waals surface area (Å²) in [7, 11) is 1.60. The van der Waals surface area contributed by atoms with Crippen molar-refractivity contribution in [1.29, 1.82) is 0 Å². The Morgan fingerprint density at radius 1 is 1.09 bits per heavy atom. The molecule has 1 aliphatic heterocycles. The molecule has 0 spiro atoms. The van der Waals surface area contributed by atoms with Gasteiger partial charge >= 0.3 is 5.69 Å². The van der Waals surface area contributed by atoms with E-state index in [1.807, 2.05) is 30.0 Å². The number of amides is 1. The molecule has 1 aliphatic rings. The molecule has 10 heteroatoms. The van der Waals surface area contributed by atoms with E-state index in [1.54, 1.807) is 43.8 Å². The lowest BCUT2D eigenvalue weighted by Gasteiger charge is -2.38. The SMILES string of the molecule is C[C@@H]1CC[C@@H](Oc2cccn3c(=O)n(C)nc23)CN1C(=O)c1ccccc1-n1nccn1. The quantitative estimate of drug-likeness (QED) is 0.486. The van der Waals surface area contributed by atoms with Crippen molar-refractivity contribution in [3.05, 3.63) is 71.0 Å². The van der Waals surface area contributed by atoms with Gasteiger partial charge in [-0.2, -0.15) is 15.0 Å². The van der Waals surface area contributed by atoms with Crippen LogP contribution in [0.3, 0.4) is 0 Å². The molecule has 1 amide bonds. The molecule has 1 fully saturated rings. The number of fused-ring (bicyclic) bond motifs is 1. The number of hydrogen-bond donors (Lipinski definition) is 0. The molecule has 3 aromatic heterocycles. The minimum Gasteiger partial charge on any atom is -0.485 e. The molecule has 2 atom stereocenters. The maximum atomic E-state index is 13.5. The van der Waals surface area contributed by atoms with Gasteiger partial charge in [0.05, 0.1) is 30.2 Å². The van der Waals surface area contributed by atoms with Gasteiger partial charge in [-0.15, -0.1) is 5.10 Å². The molecular weight excluding hydrogens is 410 g/mol. The standard InChI is InChI=1S/C22H23N7O3/c1-15-9-10-16(32-19-8-5-13-27-20(19)25-26(2)22(27)31)14-28(15)21(30)17-6-3-4-7-18(17)29-23-11-12-24-29/h3-8,11-13,15-16H,9-10,14H2,1-2H3/t15-,16-/m1/s1. The third-order valence-corrected chi connectivity index (χ3v) is 5.82. The molecule has 0 unspecified atom stereocenters. The molecule has 5 rings (SSSR count). The van der Waals surface area contributed by atoms with Crippen LogP contribution in [0.15, 0.2) is 59.8 Å². The molecule has 4 heterocycles. The number of piperidine rings is 1. The van der Waals surface area contributed by atoms with Gasteiger partial charge in [0, 0.05) is 19.3 Å². The highest BCUT2D eigenvalue weighted by atomic mass is 16.5. The molecule has 0 N–H and O–H groups in total. The van der Waals surface area contributed by atoms with E-state index in [1.165, 1.54) is 13.9 Å². The number of para-hydroxylation sites is 1. The summed E-state index contributed by atoms with van der Waals surface area (Å²) in [6.07, 6.45) is 6.21. The van der Waals surface area contributed by atoms with Crippen LogP contribution in [0.2, 0.25) is 0 Å². The summed E-state index contributed by atoms with van der Waals surface area (Å²) in [5.41, 5.74) is 1.40. The zero-order valence-electron chi connectivity index (χ0n) is 17.8. The van der Waals surface area contributed by atoms with Crippen molar-refractivity contribution in [2.45, 2.75) is 31.9 Å². The summed E-state index contributed by atoms with van der Waals surface area (Å²) in [4.78, 5) is 29.0. The topological polar surface area (TPSA) is 99.6 Å². The first-order valence-electron chi connectivity index (χ1n) is 10.5. The fraction of sp³-hybridized carbons (Fsp3) is 0.318. The number of nitrogens with zero attached hydrogens (tertiary/aromatic N) is 7. The molecule has 0 bridgehead atoms. The predicted octanol–water partition coefficient (Wildman–Crippen LogP) is 1.69. The van der Waals surface area contributed by atoms with E-state index >= 15 is 0 Å². The Morgan fingerprint density at radius 3 is 2.69 bits per heavy atom. The van der Waals surface area contributed by atoms with Crippen molar-refractivity contribution in [3.8, 4) is 11.4 Å². The smallest absolute Gasteiger partial charge is 0.350 e. The minimum absolute atomic E-state index is 0.0641. The zero-order valence-corrected chi connectivity index (χ0v) is 17.8. The van der Waals surface area contributed by atoms with Crippen molar-refractivity contribution in [2.75, 3.05) is 6.54 Å². The van der Waals surface area contributed by atoms with Gasteiger partial charge in [-0.25, -0.2) is 13.9 Å². The highest BCUT2D eigenvalue weighted by Gasteiger charge is 2.32. The fourth-order valence-corrected chi connectivity index (χ4v) is 4.12. The number of pyridine rings is 1. The molecule has 0 saturated carbocycles. The molecule has 10 nitrogen and oxygen atoms in total. The second-order valence-electron chi connectivity index (χ2n) is 7.93. The number of aromatic nitrogens is 6. The molecule has 0 radical (unpaired) electrons. The Balaban J connectivity index is 1.41. The van der Waals surface area contributed by atoms with Gasteiger partial charge in [0.25, 0.3) is 5.91 Å². The highest BCUT2D eigenvalue weighted by molar-refractivity contribution is 5.98. The van der Waals surface area contributed by atoms with Gasteiger partial charge in [-0.3, -0.25) is 4.79 Å². The van der Waals surface area contributed by atoms with Gasteiger partial charge in [-0.1, -0.05) is 12.1 Å². The molecule has 0 aliphatic carbocycles. The van der Waals surface area contributed by atoms with Crippen molar-refractivity contribution in [1.82, 2.24) is 34.1 Å². The van der Waals surface area contributed by atoms with Crippen LogP contribution < -0.4 is 10.4 Å². The van der Waals surface area contributed by atoms with E-state index in [-0.39, 0.29) is 23.7 Å². The van der Waals surface area contributed by atoms with E-state index in [4.69, 9.17) is 4.74 Å². The highest BCUT2D eigenvalue weighted by Crippen LogP contribution is 2.26.